The summed E-state index contributed by atoms with van der Waals surface area (Å²) in [6, 6.07) is 9.15. The molecule has 0 aromatic heterocycles. The van der Waals surface area contributed by atoms with Crippen LogP contribution in [0.1, 0.15) is 25.8 Å². The van der Waals surface area contributed by atoms with Gasteiger partial charge in [-0.15, -0.1) is 0 Å². The molecule has 1 aliphatic heterocycles. The fourth-order valence-electron chi connectivity index (χ4n) is 2.47. The number of likely N-dealkylation sites (tertiary alicyclic amines) is 1. The van der Waals surface area contributed by atoms with E-state index < -0.39 is 0 Å². The van der Waals surface area contributed by atoms with Crippen molar-refractivity contribution in [2.24, 2.45) is 11.1 Å². The van der Waals surface area contributed by atoms with Gasteiger partial charge in [-0.1, -0.05) is 26.0 Å². The lowest BCUT2D eigenvalue weighted by Crippen LogP contribution is -2.52. The first-order valence-corrected chi connectivity index (χ1v) is 7.28. The predicted molar refractivity (Wildman–Crippen MR) is 80.8 cm³/mol. The molecular weight excluding hydrogens is 323 g/mol. The second-order valence-electron chi connectivity index (χ2n) is 5.72. The zero-order chi connectivity index (χ0) is 12.5. The SMILES string of the molecule is CC1(C)CN(Cc2ccc(I)cc2)CCC1N. The highest BCUT2D eigenvalue weighted by Gasteiger charge is 2.33. The van der Waals surface area contributed by atoms with E-state index in [4.69, 9.17) is 5.73 Å². The van der Waals surface area contributed by atoms with Crippen LogP contribution in [0.25, 0.3) is 0 Å². The van der Waals surface area contributed by atoms with Gasteiger partial charge >= 0.3 is 0 Å². The number of nitrogens with two attached hydrogens (primary N) is 1. The summed E-state index contributed by atoms with van der Waals surface area (Å²) in [6.07, 6.45) is 1.11. The van der Waals surface area contributed by atoms with Crippen LogP contribution in [-0.2, 0) is 6.54 Å². The highest BCUT2D eigenvalue weighted by atomic mass is 127. The Balaban J connectivity index is 1.98. The van der Waals surface area contributed by atoms with E-state index in [1.165, 1.54) is 9.13 Å². The van der Waals surface area contributed by atoms with Gasteiger partial charge in [0, 0.05) is 29.2 Å². The van der Waals surface area contributed by atoms with Crippen molar-refractivity contribution in [3.05, 3.63) is 33.4 Å². The molecule has 3 heteroatoms. The van der Waals surface area contributed by atoms with Crippen LogP contribution in [0, 0.1) is 8.99 Å². The molecule has 0 saturated carbocycles. The van der Waals surface area contributed by atoms with Crippen LogP contribution in [0.3, 0.4) is 0 Å². The van der Waals surface area contributed by atoms with Gasteiger partial charge in [-0.05, 0) is 52.1 Å². The lowest BCUT2D eigenvalue weighted by molar-refractivity contribution is 0.0899. The second-order valence-corrected chi connectivity index (χ2v) is 6.97. The van der Waals surface area contributed by atoms with Gasteiger partial charge < -0.3 is 5.73 Å². The number of nitrogens with zero attached hydrogens (tertiary/aromatic N) is 1. The molecule has 17 heavy (non-hydrogen) atoms. The molecule has 1 fully saturated rings. The molecule has 0 aliphatic carbocycles. The third-order valence-corrected chi connectivity index (χ3v) is 4.43. The predicted octanol–water partition coefficient (Wildman–Crippen LogP) is 2.85. The first kappa shape index (κ1) is 13.3. The summed E-state index contributed by atoms with van der Waals surface area (Å²) in [5, 5.41) is 0. The molecule has 1 aromatic carbocycles. The van der Waals surface area contributed by atoms with Crippen LogP contribution in [0.15, 0.2) is 24.3 Å². The van der Waals surface area contributed by atoms with E-state index in [-0.39, 0.29) is 5.41 Å². The summed E-state index contributed by atoms with van der Waals surface area (Å²) >= 11 is 2.35. The third kappa shape index (κ3) is 3.42. The van der Waals surface area contributed by atoms with Gasteiger partial charge in [0.1, 0.15) is 0 Å². The highest BCUT2D eigenvalue weighted by molar-refractivity contribution is 14.1. The summed E-state index contributed by atoms with van der Waals surface area (Å²) in [5.41, 5.74) is 7.80. The number of benzene rings is 1. The summed E-state index contributed by atoms with van der Waals surface area (Å²) in [5.74, 6) is 0. The van der Waals surface area contributed by atoms with Crippen LogP contribution in [0.5, 0.6) is 0 Å². The average molecular weight is 344 g/mol. The van der Waals surface area contributed by atoms with Gasteiger partial charge in [-0.2, -0.15) is 0 Å². The Morgan fingerprint density at radius 2 is 2.00 bits per heavy atom. The van der Waals surface area contributed by atoms with E-state index in [0.29, 0.717) is 6.04 Å². The number of hydrogen-bond donors (Lipinski definition) is 1. The first-order chi connectivity index (χ1) is 7.97. The number of piperidine rings is 1. The molecule has 1 aromatic rings. The van der Waals surface area contributed by atoms with Crippen molar-refractivity contribution in [1.82, 2.24) is 4.90 Å². The molecule has 2 nitrogen and oxygen atoms in total. The highest BCUT2D eigenvalue weighted by Crippen LogP contribution is 2.28. The maximum absolute atomic E-state index is 6.16. The summed E-state index contributed by atoms with van der Waals surface area (Å²) in [7, 11) is 0. The average Bonchev–Trinajstić information content (AvgIpc) is 2.26. The zero-order valence-corrected chi connectivity index (χ0v) is 12.8. The summed E-state index contributed by atoms with van der Waals surface area (Å²) < 4.78 is 1.30. The normalized spacial score (nSPS) is 24.8. The van der Waals surface area contributed by atoms with Gasteiger partial charge in [-0.25, -0.2) is 0 Å². The Morgan fingerprint density at radius 1 is 1.35 bits per heavy atom. The Labute approximate surface area is 118 Å². The Hall–Kier alpha value is -0.130. The molecule has 94 valence electrons. The number of rotatable bonds is 2. The molecule has 1 heterocycles. The van der Waals surface area contributed by atoms with Gasteiger partial charge in [0.15, 0.2) is 0 Å². The van der Waals surface area contributed by atoms with Crippen molar-refractivity contribution in [3.8, 4) is 0 Å². The van der Waals surface area contributed by atoms with E-state index in [2.05, 4.69) is 65.6 Å². The topological polar surface area (TPSA) is 29.3 Å². The fraction of sp³-hybridized carbons (Fsp3) is 0.571. The zero-order valence-electron chi connectivity index (χ0n) is 10.6. The Kier molecular flexibility index (Phi) is 4.10. The van der Waals surface area contributed by atoms with E-state index in [0.717, 1.165) is 26.1 Å². The largest absolute Gasteiger partial charge is 0.327 e. The van der Waals surface area contributed by atoms with E-state index in [9.17, 15) is 0 Å². The van der Waals surface area contributed by atoms with Gasteiger partial charge in [0.25, 0.3) is 0 Å². The quantitative estimate of drug-likeness (QED) is 0.836. The minimum absolute atomic E-state index is 0.238. The third-order valence-electron chi connectivity index (χ3n) is 3.71. The lowest BCUT2D eigenvalue weighted by atomic mass is 9.79. The summed E-state index contributed by atoms with van der Waals surface area (Å²) in [4.78, 5) is 2.52. The van der Waals surface area contributed by atoms with Crippen molar-refractivity contribution in [1.29, 1.82) is 0 Å². The lowest BCUT2D eigenvalue weighted by Gasteiger charge is -2.42. The van der Waals surface area contributed by atoms with Gasteiger partial charge in [-0.3, -0.25) is 4.90 Å². The van der Waals surface area contributed by atoms with Crippen LogP contribution < -0.4 is 5.73 Å². The van der Waals surface area contributed by atoms with Crippen LogP contribution in [-0.4, -0.2) is 24.0 Å². The molecule has 1 atom stereocenters. The van der Waals surface area contributed by atoms with Crippen LogP contribution in [0.4, 0.5) is 0 Å². The van der Waals surface area contributed by atoms with Crippen molar-refractivity contribution < 1.29 is 0 Å². The molecule has 2 rings (SSSR count). The molecule has 0 amide bonds. The molecule has 1 saturated heterocycles. The maximum atomic E-state index is 6.16. The standard InChI is InChI=1S/C14H21IN2/c1-14(2)10-17(8-7-13(14)16)9-11-3-5-12(15)6-4-11/h3-6,13H,7-10,16H2,1-2H3. The van der Waals surface area contributed by atoms with E-state index in [1.54, 1.807) is 0 Å². The van der Waals surface area contributed by atoms with Crippen molar-refractivity contribution in [2.75, 3.05) is 13.1 Å². The van der Waals surface area contributed by atoms with Gasteiger partial charge in [0.2, 0.25) is 0 Å². The molecule has 0 spiro atoms. The van der Waals surface area contributed by atoms with Crippen molar-refractivity contribution in [3.63, 3.8) is 0 Å². The van der Waals surface area contributed by atoms with Crippen LogP contribution in [0.2, 0.25) is 0 Å². The minimum atomic E-state index is 0.238. The maximum Gasteiger partial charge on any atom is 0.0233 e. The smallest absolute Gasteiger partial charge is 0.0233 e. The van der Waals surface area contributed by atoms with E-state index in [1.807, 2.05) is 0 Å². The molecule has 1 unspecified atom stereocenters. The minimum Gasteiger partial charge on any atom is -0.327 e. The van der Waals surface area contributed by atoms with Gasteiger partial charge in [0.05, 0.1) is 0 Å². The van der Waals surface area contributed by atoms with E-state index >= 15 is 0 Å². The summed E-state index contributed by atoms with van der Waals surface area (Å²) in [6.45, 7) is 7.82. The molecule has 2 N–H and O–H groups in total. The Bertz CT molecular complexity index is 372. The molecule has 0 bridgehead atoms. The Morgan fingerprint density at radius 3 is 2.59 bits per heavy atom. The van der Waals surface area contributed by atoms with Crippen LogP contribution >= 0.6 is 22.6 Å². The number of halogens is 1. The molecule has 0 radical (unpaired) electrons. The monoisotopic (exact) mass is 344 g/mol. The molecule has 1 aliphatic rings. The van der Waals surface area contributed by atoms with Crippen molar-refractivity contribution >= 4 is 22.6 Å². The second kappa shape index (κ2) is 5.24. The fourth-order valence-corrected chi connectivity index (χ4v) is 2.83. The first-order valence-electron chi connectivity index (χ1n) is 6.20. The number of hydrogen-bond acceptors (Lipinski definition) is 2. The van der Waals surface area contributed by atoms with Crippen molar-refractivity contribution in [2.45, 2.75) is 32.9 Å². The molecular formula is C14H21IN2.